The number of hydrogen-bond donors (Lipinski definition) is 17. The number of aromatic nitrogens is 3. The minimum Gasteiger partial charge on any atom is -0.480 e. The topological polar surface area (TPSA) is 495 Å². The zero-order valence-corrected chi connectivity index (χ0v) is 52.3. The number of imidazole rings is 1. The maximum Gasteiger partial charge on any atom is 0.326 e. The van der Waals surface area contributed by atoms with E-state index in [-0.39, 0.29) is 75.9 Å². The number of nitrogens with two attached hydrogens (primary N) is 6. The summed E-state index contributed by atoms with van der Waals surface area (Å²) in [5, 5.41) is 33.0. The standard InChI is InChI=1S/C59H99N19O10/c1-9-33(6)46(76-49(79)39(61)19-16-24-67-58(62)63)54(84)72-41(21-14-15-23-60)51(81)77-47(34(7)10-2)56(86)74-44(27-36-29-69-40-20-13-12-18-38(36)40)53(83)78-48(35(8)11-3)55(85)73-43(26-32(4)5)52(82)71-42(22-17-25-68-59(64)65)50(80)75-45(57(87)88)28-37-30-66-31-70-37/h12-13,18,20,29-35,39,41-48,69H,9-11,14-17,19,21-28,60-61H2,1-8H3,(H,66,70)(H,71,82)(H,72,84)(H,73,85)(H,74,86)(H,75,80)(H,76,79)(H,77,81)(H,78,83)(H,87,88)(H4,62,63,67)(H4,64,65,68)/t33-,34-,35-,39-,41-,42-,43-,44-,45-,46-,47-,48-/m0/s1. The number of rotatable bonds is 41. The molecule has 0 spiro atoms. The van der Waals surface area contributed by atoms with Gasteiger partial charge in [0, 0.05) is 54.9 Å². The van der Waals surface area contributed by atoms with Crippen LogP contribution in [-0.4, -0.2) is 159 Å². The van der Waals surface area contributed by atoms with Gasteiger partial charge >= 0.3 is 5.97 Å². The van der Waals surface area contributed by atoms with Crippen LogP contribution in [0.1, 0.15) is 137 Å². The summed E-state index contributed by atoms with van der Waals surface area (Å²) in [7, 11) is 0. The molecule has 1 aromatic carbocycles. The number of aromatic amines is 2. The molecule has 0 aliphatic heterocycles. The van der Waals surface area contributed by atoms with Crippen molar-refractivity contribution in [1.29, 1.82) is 0 Å². The highest BCUT2D eigenvalue weighted by Crippen LogP contribution is 2.21. The number of carboxylic acid groups (broad SMARTS) is 1. The van der Waals surface area contributed by atoms with Gasteiger partial charge in [0.2, 0.25) is 47.3 Å². The summed E-state index contributed by atoms with van der Waals surface area (Å²) in [6, 6.07) is -3.85. The zero-order valence-electron chi connectivity index (χ0n) is 52.3. The van der Waals surface area contributed by atoms with Gasteiger partial charge in [-0.05, 0) is 93.2 Å². The van der Waals surface area contributed by atoms with Crippen LogP contribution in [-0.2, 0) is 56.0 Å². The number of nitrogens with one attached hydrogen (secondary N) is 10. The van der Waals surface area contributed by atoms with Crippen LogP contribution >= 0.6 is 0 Å². The fourth-order valence-corrected chi connectivity index (χ4v) is 9.64. The minimum absolute atomic E-state index is 0.0307. The summed E-state index contributed by atoms with van der Waals surface area (Å²) in [5.74, 6) is -9.06. The number of H-pyrrole nitrogens is 2. The number of para-hydroxylation sites is 1. The molecule has 0 aliphatic rings. The number of aliphatic imine (C=N–C) groups is 2. The van der Waals surface area contributed by atoms with Gasteiger partial charge in [-0.25, -0.2) is 9.78 Å². The van der Waals surface area contributed by atoms with Gasteiger partial charge in [0.1, 0.15) is 48.3 Å². The van der Waals surface area contributed by atoms with E-state index in [0.29, 0.717) is 56.3 Å². The molecule has 0 radical (unpaired) electrons. The summed E-state index contributed by atoms with van der Waals surface area (Å²) >= 11 is 0. The largest absolute Gasteiger partial charge is 0.480 e. The Kier molecular flexibility index (Phi) is 32.0. The molecule has 0 saturated heterocycles. The van der Waals surface area contributed by atoms with Crippen molar-refractivity contribution in [3.8, 4) is 0 Å². The van der Waals surface area contributed by atoms with Crippen molar-refractivity contribution < 1.29 is 48.3 Å². The fraction of sp³-hybridized carbons (Fsp3) is 0.627. The number of guanidine groups is 2. The van der Waals surface area contributed by atoms with E-state index in [4.69, 9.17) is 34.4 Å². The Balaban J connectivity index is 1.99. The Morgan fingerprint density at radius 1 is 0.545 bits per heavy atom. The molecule has 29 nitrogen and oxygen atoms in total. The minimum atomic E-state index is -1.41. The van der Waals surface area contributed by atoms with Crippen LogP contribution in [0.2, 0.25) is 0 Å². The SMILES string of the molecule is CC[C@H](C)[C@H](NC(=O)[C@H](Cc1c[nH]c2ccccc12)NC(=O)[C@@H](NC(=O)[C@H](CCCCN)NC(=O)[C@@H](NC(=O)[C@@H](N)CCCN=C(N)N)[C@@H](C)CC)[C@@H](C)CC)C(=O)N[C@@H](CC(C)C)C(=O)N[C@@H](CCCN=C(N)N)C(=O)N[C@@H](Cc1cnc[nH]1)C(=O)O. The molecule has 0 saturated carbocycles. The first-order chi connectivity index (χ1) is 41.7. The average Bonchev–Trinajstić information content (AvgIpc) is 2.66. The average molecular weight is 1230 g/mol. The third-order valence-corrected chi connectivity index (χ3v) is 15.5. The second kappa shape index (κ2) is 38.0. The van der Waals surface area contributed by atoms with E-state index in [1.54, 1.807) is 27.0 Å². The predicted octanol–water partition coefficient (Wildman–Crippen LogP) is -0.613. The molecule has 0 unspecified atom stereocenters. The van der Waals surface area contributed by atoms with Gasteiger partial charge in [-0.2, -0.15) is 0 Å². The molecule has 3 aromatic rings. The van der Waals surface area contributed by atoms with Gasteiger partial charge in [0.25, 0.3) is 0 Å². The zero-order chi connectivity index (χ0) is 65.6. The number of amides is 8. The van der Waals surface area contributed by atoms with E-state index >= 15 is 4.79 Å². The van der Waals surface area contributed by atoms with Crippen LogP contribution in [0, 0.1) is 23.7 Å². The maximum absolute atomic E-state index is 15.0. The van der Waals surface area contributed by atoms with Crippen molar-refractivity contribution in [2.24, 2.45) is 68.1 Å². The highest BCUT2D eigenvalue weighted by atomic mass is 16.4. The normalized spacial score (nSPS) is 15.4. The Morgan fingerprint density at radius 3 is 1.50 bits per heavy atom. The molecule has 8 amide bonds. The maximum atomic E-state index is 15.0. The number of carbonyl (C=O) groups is 9. The molecule has 3 rings (SSSR count). The van der Waals surface area contributed by atoms with Gasteiger partial charge < -0.3 is 92.0 Å². The smallest absolute Gasteiger partial charge is 0.326 e. The van der Waals surface area contributed by atoms with Crippen molar-refractivity contribution in [2.75, 3.05) is 19.6 Å². The van der Waals surface area contributed by atoms with E-state index in [2.05, 4.69) is 67.5 Å². The number of aliphatic carboxylic acids is 1. The number of carbonyl (C=O) groups excluding carboxylic acids is 8. The van der Waals surface area contributed by atoms with Gasteiger partial charge in [0.05, 0.1) is 12.4 Å². The number of benzene rings is 1. The van der Waals surface area contributed by atoms with Gasteiger partial charge in [-0.3, -0.25) is 48.3 Å². The fourth-order valence-electron chi connectivity index (χ4n) is 9.64. The van der Waals surface area contributed by atoms with Crippen molar-refractivity contribution in [2.45, 2.75) is 193 Å². The predicted molar refractivity (Wildman–Crippen MR) is 336 cm³/mol. The monoisotopic (exact) mass is 1230 g/mol. The molecule has 2 aromatic heterocycles. The summed E-state index contributed by atoms with van der Waals surface area (Å²) in [4.78, 5) is 145. The van der Waals surface area contributed by atoms with E-state index in [0.717, 1.165) is 10.9 Å². The molecular weight excluding hydrogens is 1130 g/mol. The van der Waals surface area contributed by atoms with E-state index in [9.17, 15) is 43.5 Å². The molecule has 2 heterocycles. The third-order valence-electron chi connectivity index (χ3n) is 15.5. The lowest BCUT2D eigenvalue weighted by Gasteiger charge is -2.31. The molecular formula is C59H99N19O10. The lowest BCUT2D eigenvalue weighted by molar-refractivity contribution is -0.142. The summed E-state index contributed by atoms with van der Waals surface area (Å²) in [6.07, 6.45) is 7.40. The van der Waals surface area contributed by atoms with Gasteiger partial charge in [-0.15, -0.1) is 0 Å². The molecule has 23 N–H and O–H groups in total. The second-order valence-corrected chi connectivity index (χ2v) is 23.0. The first-order valence-corrected chi connectivity index (χ1v) is 30.5. The van der Waals surface area contributed by atoms with Crippen molar-refractivity contribution in [1.82, 2.24) is 57.5 Å². The highest BCUT2D eigenvalue weighted by Gasteiger charge is 2.38. The number of unbranched alkanes of at least 4 members (excludes halogenated alkanes) is 1. The van der Waals surface area contributed by atoms with Crippen LogP contribution in [0.25, 0.3) is 10.9 Å². The van der Waals surface area contributed by atoms with Gasteiger partial charge in [-0.1, -0.05) is 92.9 Å². The molecule has 88 heavy (non-hydrogen) atoms. The Bertz CT molecular complexity index is 2780. The lowest BCUT2D eigenvalue weighted by atomic mass is 9.94. The summed E-state index contributed by atoms with van der Waals surface area (Å²) in [6.45, 7) is 15.0. The number of fused-ring (bicyclic) bond motifs is 1. The van der Waals surface area contributed by atoms with E-state index in [1.807, 2.05) is 58.9 Å². The summed E-state index contributed by atoms with van der Waals surface area (Å²) in [5.41, 5.74) is 35.8. The van der Waals surface area contributed by atoms with E-state index < -0.39 is 125 Å². The molecule has 0 aliphatic carbocycles. The highest BCUT2D eigenvalue weighted by molar-refractivity contribution is 5.99. The second-order valence-electron chi connectivity index (χ2n) is 23.0. The van der Waals surface area contributed by atoms with Crippen LogP contribution < -0.4 is 76.9 Å². The first kappa shape index (κ1) is 73.9. The Morgan fingerprint density at radius 2 is 1.00 bits per heavy atom. The quantitative estimate of drug-likeness (QED) is 0.0191. The van der Waals surface area contributed by atoms with Gasteiger partial charge in [0.15, 0.2) is 11.9 Å². The van der Waals surface area contributed by atoms with Crippen LogP contribution in [0.15, 0.2) is 53.0 Å². The lowest BCUT2D eigenvalue weighted by Crippen LogP contribution is -2.62. The van der Waals surface area contributed by atoms with Crippen molar-refractivity contribution in [3.05, 3.63) is 54.2 Å². The number of hydrogen-bond acceptors (Lipinski definition) is 14. The molecule has 12 atom stereocenters. The molecule has 29 heteroatoms. The molecule has 0 fully saturated rings. The summed E-state index contributed by atoms with van der Waals surface area (Å²) < 4.78 is 0. The van der Waals surface area contributed by atoms with Crippen molar-refractivity contribution >= 4 is 76.0 Å². The Hall–Kier alpha value is -8.34. The van der Waals surface area contributed by atoms with Crippen molar-refractivity contribution in [3.63, 3.8) is 0 Å². The van der Waals surface area contributed by atoms with Crippen LogP contribution in [0.5, 0.6) is 0 Å². The molecule has 490 valence electrons. The Labute approximate surface area is 515 Å². The third kappa shape index (κ3) is 24.8. The first-order valence-electron chi connectivity index (χ1n) is 30.5. The number of nitrogens with zero attached hydrogens (tertiary/aromatic N) is 3. The molecule has 0 bridgehead atoms. The number of carboxylic acids is 1. The van der Waals surface area contributed by atoms with Crippen LogP contribution in [0.4, 0.5) is 0 Å². The van der Waals surface area contributed by atoms with Crippen LogP contribution in [0.3, 0.4) is 0 Å². The van der Waals surface area contributed by atoms with E-state index in [1.165, 1.54) is 12.5 Å².